The highest BCUT2D eigenvalue weighted by Crippen LogP contribution is 2.27. The molecule has 3 heteroatoms. The van der Waals surface area contributed by atoms with Gasteiger partial charge >= 0.3 is 0 Å². The van der Waals surface area contributed by atoms with E-state index in [1.165, 1.54) is 0 Å². The van der Waals surface area contributed by atoms with Crippen molar-refractivity contribution in [1.82, 2.24) is 0 Å². The lowest BCUT2D eigenvalue weighted by molar-refractivity contribution is -0.118. The van der Waals surface area contributed by atoms with E-state index in [1.54, 1.807) is 11.0 Å². The second-order valence-electron chi connectivity index (χ2n) is 5.22. The molecule has 0 atom stereocenters. The zero-order valence-electron chi connectivity index (χ0n) is 11.8. The van der Waals surface area contributed by atoms with Crippen LogP contribution in [0.4, 0.5) is 5.69 Å². The first-order chi connectivity index (χ1) is 10.3. The van der Waals surface area contributed by atoms with E-state index in [-0.39, 0.29) is 11.7 Å². The van der Waals surface area contributed by atoms with E-state index in [2.05, 4.69) is 0 Å². The van der Waals surface area contributed by atoms with Crippen LogP contribution in [-0.2, 0) is 11.2 Å². The van der Waals surface area contributed by atoms with Gasteiger partial charge in [0.2, 0.25) is 5.91 Å². The molecule has 0 N–H and O–H groups in total. The first-order valence-corrected chi connectivity index (χ1v) is 7.22. The smallest absolute Gasteiger partial charge is 0.227 e. The van der Waals surface area contributed by atoms with E-state index in [0.717, 1.165) is 17.7 Å². The van der Waals surface area contributed by atoms with Gasteiger partial charge in [0, 0.05) is 24.9 Å². The van der Waals surface area contributed by atoms with E-state index >= 15 is 0 Å². The third-order valence-electron chi connectivity index (χ3n) is 3.83. The number of para-hydroxylation sites is 1. The third kappa shape index (κ3) is 2.87. The van der Waals surface area contributed by atoms with Crippen LogP contribution in [0, 0.1) is 0 Å². The van der Waals surface area contributed by atoms with Gasteiger partial charge in [0.1, 0.15) is 0 Å². The van der Waals surface area contributed by atoms with Crippen molar-refractivity contribution in [2.45, 2.75) is 19.3 Å². The Balaban J connectivity index is 1.74. The van der Waals surface area contributed by atoms with Crippen molar-refractivity contribution in [2.75, 3.05) is 11.4 Å². The third-order valence-corrected chi connectivity index (χ3v) is 3.83. The summed E-state index contributed by atoms with van der Waals surface area (Å²) in [6, 6.07) is 17.4. The molecule has 21 heavy (non-hydrogen) atoms. The molecule has 0 spiro atoms. The molecule has 0 saturated heterocycles. The van der Waals surface area contributed by atoms with Crippen LogP contribution in [0.3, 0.4) is 0 Å². The number of fused-ring (bicyclic) bond motifs is 1. The van der Waals surface area contributed by atoms with Crippen molar-refractivity contribution in [3.8, 4) is 0 Å². The molecule has 2 aromatic rings. The van der Waals surface area contributed by atoms with Crippen molar-refractivity contribution < 1.29 is 9.59 Å². The second-order valence-corrected chi connectivity index (χ2v) is 5.22. The Morgan fingerprint density at radius 3 is 2.52 bits per heavy atom. The predicted octanol–water partition coefficient (Wildman–Crippen LogP) is 3.24. The van der Waals surface area contributed by atoms with Crippen LogP contribution >= 0.6 is 0 Å². The molecule has 0 fully saturated rings. The monoisotopic (exact) mass is 279 g/mol. The summed E-state index contributed by atoms with van der Waals surface area (Å²) in [6.07, 6.45) is 1.60. The van der Waals surface area contributed by atoms with Crippen LogP contribution < -0.4 is 4.90 Å². The van der Waals surface area contributed by atoms with Crippen molar-refractivity contribution in [1.29, 1.82) is 0 Å². The number of ketones is 1. The summed E-state index contributed by atoms with van der Waals surface area (Å²) in [6.45, 7) is 0.490. The fourth-order valence-corrected chi connectivity index (χ4v) is 2.70. The molecule has 1 aliphatic heterocycles. The molecule has 0 unspecified atom stereocenters. The Kier molecular flexibility index (Phi) is 3.82. The number of carbonyl (C=O) groups excluding carboxylic acids is 2. The Hall–Kier alpha value is -2.42. The topological polar surface area (TPSA) is 37.4 Å². The van der Waals surface area contributed by atoms with Crippen LogP contribution in [0.5, 0.6) is 0 Å². The summed E-state index contributed by atoms with van der Waals surface area (Å²) in [4.78, 5) is 26.1. The molecule has 0 aliphatic carbocycles. The SMILES string of the molecule is O=C1CCN(C(=O)CCc2ccccc2)c2ccccc21. The number of benzene rings is 2. The van der Waals surface area contributed by atoms with Crippen molar-refractivity contribution >= 4 is 17.4 Å². The van der Waals surface area contributed by atoms with E-state index in [1.807, 2.05) is 48.5 Å². The van der Waals surface area contributed by atoms with Crippen molar-refractivity contribution in [3.63, 3.8) is 0 Å². The summed E-state index contributed by atoms with van der Waals surface area (Å²) >= 11 is 0. The average molecular weight is 279 g/mol. The fourth-order valence-electron chi connectivity index (χ4n) is 2.70. The minimum atomic E-state index is 0.0822. The van der Waals surface area contributed by atoms with Crippen LogP contribution in [0.15, 0.2) is 54.6 Å². The lowest BCUT2D eigenvalue weighted by Gasteiger charge is -2.28. The highest BCUT2D eigenvalue weighted by molar-refractivity contribution is 6.08. The molecular formula is C18H17NO2. The fraction of sp³-hybridized carbons (Fsp3) is 0.222. The van der Waals surface area contributed by atoms with Crippen molar-refractivity contribution in [3.05, 3.63) is 65.7 Å². The zero-order chi connectivity index (χ0) is 14.7. The van der Waals surface area contributed by atoms with Crippen LogP contribution in [0.25, 0.3) is 0 Å². The first kappa shape index (κ1) is 13.6. The minimum absolute atomic E-state index is 0.0822. The number of hydrogen-bond donors (Lipinski definition) is 0. The zero-order valence-corrected chi connectivity index (χ0v) is 11.8. The van der Waals surface area contributed by atoms with Crippen LogP contribution in [0.1, 0.15) is 28.8 Å². The van der Waals surface area contributed by atoms with E-state index in [9.17, 15) is 9.59 Å². The molecule has 1 aliphatic rings. The Morgan fingerprint density at radius 2 is 1.71 bits per heavy atom. The van der Waals surface area contributed by atoms with Gasteiger partial charge in [0.15, 0.2) is 5.78 Å². The Labute approximate surface area is 124 Å². The first-order valence-electron chi connectivity index (χ1n) is 7.22. The van der Waals surface area contributed by atoms with E-state index in [4.69, 9.17) is 0 Å². The summed E-state index contributed by atoms with van der Waals surface area (Å²) in [5.74, 6) is 0.205. The number of aryl methyl sites for hydroxylation is 1. The van der Waals surface area contributed by atoms with Gasteiger partial charge in [-0.25, -0.2) is 0 Å². The molecule has 1 heterocycles. The van der Waals surface area contributed by atoms with Gasteiger partial charge in [-0.3, -0.25) is 9.59 Å². The maximum absolute atomic E-state index is 12.5. The van der Waals surface area contributed by atoms with E-state index < -0.39 is 0 Å². The predicted molar refractivity (Wildman–Crippen MR) is 82.5 cm³/mol. The lowest BCUT2D eigenvalue weighted by atomic mass is 9.99. The van der Waals surface area contributed by atoms with Crippen LogP contribution in [-0.4, -0.2) is 18.2 Å². The maximum Gasteiger partial charge on any atom is 0.227 e. The van der Waals surface area contributed by atoms with Gasteiger partial charge in [-0.15, -0.1) is 0 Å². The van der Waals surface area contributed by atoms with Gasteiger partial charge in [0.25, 0.3) is 0 Å². The molecule has 3 nitrogen and oxygen atoms in total. The Bertz CT molecular complexity index is 664. The van der Waals surface area contributed by atoms with Gasteiger partial charge in [-0.05, 0) is 24.1 Å². The highest BCUT2D eigenvalue weighted by Gasteiger charge is 2.26. The minimum Gasteiger partial charge on any atom is -0.311 e. The molecule has 0 radical (unpaired) electrons. The molecule has 0 bridgehead atoms. The standard InChI is InChI=1S/C18H17NO2/c20-17-12-13-19(16-9-5-4-8-15(16)17)18(21)11-10-14-6-2-1-3-7-14/h1-9H,10-13H2. The Morgan fingerprint density at radius 1 is 1.00 bits per heavy atom. The molecular weight excluding hydrogens is 262 g/mol. The van der Waals surface area contributed by atoms with Gasteiger partial charge in [-0.2, -0.15) is 0 Å². The maximum atomic E-state index is 12.5. The lowest BCUT2D eigenvalue weighted by Crippen LogP contribution is -2.37. The number of hydrogen-bond acceptors (Lipinski definition) is 2. The summed E-state index contributed by atoms with van der Waals surface area (Å²) in [5.41, 5.74) is 2.58. The molecule has 0 saturated carbocycles. The van der Waals surface area contributed by atoms with Gasteiger partial charge in [0.05, 0.1) is 5.69 Å². The average Bonchev–Trinajstić information content (AvgIpc) is 2.54. The molecule has 1 amide bonds. The second kappa shape index (κ2) is 5.92. The summed E-state index contributed by atoms with van der Waals surface area (Å²) in [5, 5.41) is 0. The normalized spacial score (nSPS) is 13.9. The molecule has 106 valence electrons. The highest BCUT2D eigenvalue weighted by atomic mass is 16.2. The largest absolute Gasteiger partial charge is 0.311 e. The van der Waals surface area contributed by atoms with Gasteiger partial charge in [-0.1, -0.05) is 42.5 Å². The molecule has 2 aromatic carbocycles. The quantitative estimate of drug-likeness (QED) is 0.865. The van der Waals surface area contributed by atoms with Crippen molar-refractivity contribution in [2.24, 2.45) is 0 Å². The van der Waals surface area contributed by atoms with Crippen LogP contribution in [0.2, 0.25) is 0 Å². The number of amides is 1. The molecule has 3 rings (SSSR count). The van der Waals surface area contributed by atoms with Gasteiger partial charge < -0.3 is 4.90 Å². The molecule has 0 aromatic heterocycles. The summed E-state index contributed by atoms with van der Waals surface area (Å²) in [7, 11) is 0. The number of nitrogens with zero attached hydrogens (tertiary/aromatic N) is 1. The number of rotatable bonds is 3. The number of carbonyl (C=O) groups is 2. The number of anilines is 1. The van der Waals surface area contributed by atoms with E-state index in [0.29, 0.717) is 24.9 Å². The summed E-state index contributed by atoms with van der Waals surface area (Å²) < 4.78 is 0. The number of Topliss-reactive ketones (excluding diaryl/α,β-unsaturated/α-hetero) is 1.